The minimum absolute atomic E-state index is 0.269. The van der Waals surface area contributed by atoms with Crippen LogP contribution >= 0.6 is 22.8 Å². The van der Waals surface area contributed by atoms with Gasteiger partial charge in [0.1, 0.15) is 18.9 Å². The first-order valence-electron chi connectivity index (χ1n) is 8.11. The van der Waals surface area contributed by atoms with Crippen molar-refractivity contribution < 1.29 is 62.9 Å². The topological polar surface area (TPSA) is 257 Å². The summed E-state index contributed by atoms with van der Waals surface area (Å²) in [5.74, 6) is -2.78. The van der Waals surface area contributed by atoms with Crippen LogP contribution in [0.3, 0.4) is 0 Å². The standard InChI is InChI=1S/C11H26N3O13P3/c15-10(16)5-13(8-29(22,23)24)3-1-12(7-28(19,20)21)2-4-14(6-11(17)18)9-30(25,26)27/h1-9H2,(H,15,16)(H,17,18)(H2,19,20,21)(H2,22,23,24)(H2,25,26,27). The predicted octanol–water partition coefficient (Wildman–Crippen LogP) is -2.53. The zero-order chi connectivity index (χ0) is 23.8. The van der Waals surface area contributed by atoms with E-state index in [1.165, 1.54) is 0 Å². The Morgan fingerprint density at radius 2 is 0.767 bits per heavy atom. The fourth-order valence-corrected chi connectivity index (χ4v) is 4.71. The second kappa shape index (κ2) is 12.3. The van der Waals surface area contributed by atoms with Gasteiger partial charge in [0.2, 0.25) is 0 Å². The second-order valence-corrected chi connectivity index (χ2v) is 11.3. The molecule has 0 aliphatic carbocycles. The molecule has 16 nitrogen and oxygen atoms in total. The summed E-state index contributed by atoms with van der Waals surface area (Å²) >= 11 is 0. The summed E-state index contributed by atoms with van der Waals surface area (Å²) in [7, 11) is -13.9. The van der Waals surface area contributed by atoms with E-state index in [0.29, 0.717) is 0 Å². The molecule has 8 N–H and O–H groups in total. The molecule has 0 bridgehead atoms. The van der Waals surface area contributed by atoms with Gasteiger partial charge in [-0.3, -0.25) is 38.0 Å². The normalized spacial score (nSPS) is 13.4. The van der Waals surface area contributed by atoms with Crippen molar-refractivity contribution in [2.24, 2.45) is 0 Å². The fourth-order valence-electron chi connectivity index (χ4n) is 2.38. The first-order valence-corrected chi connectivity index (χ1v) is 13.5. The predicted molar refractivity (Wildman–Crippen MR) is 101 cm³/mol. The van der Waals surface area contributed by atoms with E-state index in [-0.39, 0.29) is 26.2 Å². The molecule has 178 valence electrons. The van der Waals surface area contributed by atoms with Crippen LogP contribution in [0.2, 0.25) is 0 Å². The van der Waals surface area contributed by atoms with Crippen molar-refractivity contribution in [3.8, 4) is 0 Å². The SMILES string of the molecule is O=C(O)CN(CCN(CCN(CC(=O)O)CP(=O)(O)O)CP(=O)(O)O)CP(=O)(O)O. The van der Waals surface area contributed by atoms with Gasteiger partial charge in [-0.2, -0.15) is 0 Å². The molecule has 0 aliphatic heterocycles. The van der Waals surface area contributed by atoms with Crippen LogP contribution < -0.4 is 0 Å². The van der Waals surface area contributed by atoms with Gasteiger partial charge in [0, 0.05) is 26.2 Å². The van der Waals surface area contributed by atoms with Crippen LogP contribution in [-0.4, -0.2) is 124 Å². The third-order valence-electron chi connectivity index (χ3n) is 3.34. The minimum atomic E-state index is -4.63. The van der Waals surface area contributed by atoms with Gasteiger partial charge in [-0.05, 0) is 0 Å². The van der Waals surface area contributed by atoms with Crippen LogP contribution in [0.5, 0.6) is 0 Å². The minimum Gasteiger partial charge on any atom is -0.480 e. The number of aliphatic carboxylic acids is 2. The summed E-state index contributed by atoms with van der Waals surface area (Å²) in [5.41, 5.74) is 0. The summed E-state index contributed by atoms with van der Waals surface area (Å²) in [6, 6.07) is 0. The lowest BCUT2D eigenvalue weighted by molar-refractivity contribution is -0.139. The van der Waals surface area contributed by atoms with Gasteiger partial charge in [-0.1, -0.05) is 0 Å². The van der Waals surface area contributed by atoms with Gasteiger partial charge in [0.05, 0.1) is 13.1 Å². The molecule has 30 heavy (non-hydrogen) atoms. The molecule has 0 aromatic heterocycles. The third-order valence-corrected chi connectivity index (χ3v) is 5.64. The van der Waals surface area contributed by atoms with E-state index in [0.717, 1.165) is 14.7 Å². The Hall–Kier alpha value is -0.730. The Bertz CT molecular complexity index is 668. The van der Waals surface area contributed by atoms with Crippen molar-refractivity contribution in [2.45, 2.75) is 0 Å². The van der Waals surface area contributed by atoms with Gasteiger partial charge < -0.3 is 39.6 Å². The molecule has 0 aliphatic rings. The molecule has 0 fully saturated rings. The average Bonchev–Trinajstić information content (AvgIpc) is 2.43. The lowest BCUT2D eigenvalue weighted by Gasteiger charge is -2.29. The summed E-state index contributed by atoms with van der Waals surface area (Å²) in [4.78, 5) is 79.0. The van der Waals surface area contributed by atoms with Gasteiger partial charge >= 0.3 is 34.7 Å². The zero-order valence-corrected chi connectivity index (χ0v) is 18.3. The van der Waals surface area contributed by atoms with E-state index < -0.39 is 66.7 Å². The third kappa shape index (κ3) is 18.1. The highest BCUT2D eigenvalue weighted by Crippen LogP contribution is 2.37. The number of nitrogens with zero attached hydrogens (tertiary/aromatic N) is 3. The van der Waals surface area contributed by atoms with Gasteiger partial charge in [-0.25, -0.2) is 0 Å². The van der Waals surface area contributed by atoms with E-state index in [4.69, 9.17) is 29.8 Å². The molecule has 0 radical (unpaired) electrons. The highest BCUT2D eigenvalue weighted by atomic mass is 31.2. The molecule has 0 atom stereocenters. The van der Waals surface area contributed by atoms with Gasteiger partial charge in [0.15, 0.2) is 0 Å². The Kier molecular flexibility index (Phi) is 12.0. The maximum Gasteiger partial charge on any atom is 0.339 e. The van der Waals surface area contributed by atoms with E-state index in [2.05, 4.69) is 0 Å². The number of hydrogen-bond acceptors (Lipinski definition) is 8. The number of carboxylic acid groups (broad SMARTS) is 2. The molecule has 0 unspecified atom stereocenters. The summed E-state index contributed by atoms with van der Waals surface area (Å²) in [5, 5.41) is 17.7. The summed E-state index contributed by atoms with van der Waals surface area (Å²) in [6.45, 7) is -2.66. The molecular weight excluding hydrogens is 475 g/mol. The van der Waals surface area contributed by atoms with Crippen LogP contribution in [0.15, 0.2) is 0 Å². The number of carbonyl (C=O) groups is 2. The molecule has 0 saturated carbocycles. The van der Waals surface area contributed by atoms with Crippen molar-refractivity contribution in [2.75, 3.05) is 58.1 Å². The van der Waals surface area contributed by atoms with Crippen LogP contribution in [0.1, 0.15) is 0 Å². The van der Waals surface area contributed by atoms with Crippen LogP contribution in [0.25, 0.3) is 0 Å². The van der Waals surface area contributed by atoms with Crippen molar-refractivity contribution in [1.82, 2.24) is 14.7 Å². The zero-order valence-electron chi connectivity index (χ0n) is 15.7. The molecule has 0 aromatic rings. The van der Waals surface area contributed by atoms with Gasteiger partial charge in [-0.15, -0.1) is 0 Å². The number of rotatable bonds is 16. The Labute approximate surface area is 171 Å². The smallest absolute Gasteiger partial charge is 0.339 e. The molecular formula is C11H26N3O13P3. The van der Waals surface area contributed by atoms with Crippen molar-refractivity contribution in [3.05, 3.63) is 0 Å². The van der Waals surface area contributed by atoms with E-state index in [9.17, 15) is 33.1 Å². The molecule has 0 spiro atoms. The highest BCUT2D eigenvalue weighted by molar-refractivity contribution is 7.52. The van der Waals surface area contributed by atoms with Crippen molar-refractivity contribution in [3.63, 3.8) is 0 Å². The monoisotopic (exact) mass is 501 g/mol. The van der Waals surface area contributed by atoms with Gasteiger partial charge in [0.25, 0.3) is 0 Å². The molecule has 0 amide bonds. The van der Waals surface area contributed by atoms with Crippen LogP contribution in [0, 0.1) is 0 Å². The fraction of sp³-hybridized carbons (Fsp3) is 0.818. The second-order valence-electron chi connectivity index (χ2n) is 6.43. The molecule has 0 heterocycles. The van der Waals surface area contributed by atoms with Crippen LogP contribution in [-0.2, 0) is 23.3 Å². The maximum absolute atomic E-state index is 11.3. The number of carboxylic acids is 2. The van der Waals surface area contributed by atoms with E-state index >= 15 is 0 Å². The maximum atomic E-state index is 11.3. The summed E-state index contributed by atoms with van der Waals surface area (Å²) < 4.78 is 33.6. The molecule has 19 heteroatoms. The molecule has 0 saturated heterocycles. The molecule has 0 aromatic carbocycles. The van der Waals surface area contributed by atoms with Crippen molar-refractivity contribution in [1.29, 1.82) is 0 Å². The number of hydrogen-bond donors (Lipinski definition) is 8. The summed E-state index contributed by atoms with van der Waals surface area (Å²) in [6.07, 6.45) is -2.67. The Morgan fingerprint density at radius 1 is 0.533 bits per heavy atom. The molecule has 0 rings (SSSR count). The Balaban J connectivity index is 5.21. The lowest BCUT2D eigenvalue weighted by atomic mass is 10.4. The first kappa shape index (κ1) is 29.3. The lowest BCUT2D eigenvalue weighted by Crippen LogP contribution is -2.42. The Morgan fingerprint density at radius 3 is 1.00 bits per heavy atom. The quantitative estimate of drug-likeness (QED) is 0.101. The van der Waals surface area contributed by atoms with Crippen molar-refractivity contribution >= 4 is 34.7 Å². The highest BCUT2D eigenvalue weighted by Gasteiger charge is 2.26. The van der Waals surface area contributed by atoms with Crippen LogP contribution in [0.4, 0.5) is 0 Å². The average molecular weight is 501 g/mol. The van der Waals surface area contributed by atoms with E-state index in [1.807, 2.05) is 0 Å². The van der Waals surface area contributed by atoms with E-state index in [1.54, 1.807) is 0 Å². The largest absolute Gasteiger partial charge is 0.480 e. The first-order chi connectivity index (χ1) is 13.4.